The van der Waals surface area contributed by atoms with Crippen molar-refractivity contribution in [2.24, 2.45) is 17.6 Å². The van der Waals surface area contributed by atoms with E-state index in [0.29, 0.717) is 6.04 Å². The molecule has 0 aromatic carbocycles. The summed E-state index contributed by atoms with van der Waals surface area (Å²) >= 11 is 0. The molecular formula is C14H25N3O2. The summed E-state index contributed by atoms with van der Waals surface area (Å²) in [6.07, 6.45) is 8.85. The lowest BCUT2D eigenvalue weighted by atomic mass is 9.69. The number of rotatable bonds is 4. The fraction of sp³-hybridized carbons (Fsp3) is 0.857. The van der Waals surface area contributed by atoms with Gasteiger partial charge in [0, 0.05) is 6.04 Å². The largest absolute Gasteiger partial charge is 0.352 e. The van der Waals surface area contributed by atoms with E-state index in [1.807, 2.05) is 0 Å². The summed E-state index contributed by atoms with van der Waals surface area (Å²) in [5.41, 5.74) is 5.17. The fourth-order valence-corrected chi connectivity index (χ4v) is 3.53. The Morgan fingerprint density at radius 2 is 1.74 bits per heavy atom. The number of amides is 2. The van der Waals surface area contributed by atoms with Crippen molar-refractivity contribution in [3.63, 3.8) is 0 Å². The molecule has 2 aliphatic rings. The van der Waals surface area contributed by atoms with Gasteiger partial charge in [0.15, 0.2) is 0 Å². The van der Waals surface area contributed by atoms with Gasteiger partial charge in [0.05, 0.1) is 13.1 Å². The Bertz CT molecular complexity index is 333. The zero-order chi connectivity index (χ0) is 13.7. The molecule has 0 radical (unpaired) electrons. The Hall–Kier alpha value is -1.10. The second-order valence-electron chi connectivity index (χ2n) is 5.86. The van der Waals surface area contributed by atoms with Gasteiger partial charge in [0.2, 0.25) is 11.8 Å². The monoisotopic (exact) mass is 267 g/mol. The molecule has 0 heterocycles. The third kappa shape index (κ3) is 4.20. The van der Waals surface area contributed by atoms with E-state index in [-0.39, 0.29) is 24.9 Å². The molecule has 2 fully saturated rings. The minimum absolute atomic E-state index is 0.0423. The van der Waals surface area contributed by atoms with Gasteiger partial charge in [-0.1, -0.05) is 25.7 Å². The number of fused-ring (bicyclic) bond motifs is 1. The number of nitrogens with one attached hydrogen (secondary N) is 2. The highest BCUT2D eigenvalue weighted by atomic mass is 16.2. The molecule has 0 aromatic heterocycles. The van der Waals surface area contributed by atoms with Gasteiger partial charge in [-0.25, -0.2) is 0 Å². The standard InChI is InChI=1S/C14H25N3O2/c15-8-13(18)16-9-14(19)17-12-6-5-10-3-1-2-4-11(10)7-12/h10-12H,1-9,15H2,(H,16,18)(H,17,19). The predicted octanol–water partition coefficient (Wildman–Crippen LogP) is 0.536. The lowest BCUT2D eigenvalue weighted by Gasteiger charge is -2.39. The van der Waals surface area contributed by atoms with Crippen LogP contribution in [0.5, 0.6) is 0 Å². The highest BCUT2D eigenvalue weighted by molar-refractivity contribution is 5.85. The molecule has 0 bridgehead atoms. The highest BCUT2D eigenvalue weighted by Gasteiger charge is 2.32. The summed E-state index contributed by atoms with van der Waals surface area (Å²) < 4.78 is 0. The third-order valence-electron chi connectivity index (χ3n) is 4.54. The maximum absolute atomic E-state index is 11.7. The second kappa shape index (κ2) is 6.89. The van der Waals surface area contributed by atoms with Gasteiger partial charge in [-0.3, -0.25) is 9.59 Å². The Kier molecular flexibility index (Phi) is 5.19. The number of hydrogen-bond acceptors (Lipinski definition) is 3. The van der Waals surface area contributed by atoms with E-state index in [1.165, 1.54) is 32.1 Å². The van der Waals surface area contributed by atoms with Crippen molar-refractivity contribution < 1.29 is 9.59 Å². The van der Waals surface area contributed by atoms with Crippen LogP contribution in [-0.2, 0) is 9.59 Å². The summed E-state index contributed by atoms with van der Waals surface area (Å²) in [5, 5.41) is 5.54. The van der Waals surface area contributed by atoms with Crippen LogP contribution in [0.4, 0.5) is 0 Å². The second-order valence-corrected chi connectivity index (χ2v) is 5.86. The van der Waals surface area contributed by atoms with Crippen molar-refractivity contribution in [2.75, 3.05) is 13.1 Å². The van der Waals surface area contributed by atoms with Gasteiger partial charge in [0.25, 0.3) is 0 Å². The van der Waals surface area contributed by atoms with E-state index in [1.54, 1.807) is 0 Å². The molecule has 3 atom stereocenters. The molecule has 0 spiro atoms. The summed E-state index contributed by atoms with van der Waals surface area (Å²) in [5.74, 6) is 1.30. The SMILES string of the molecule is NCC(=O)NCC(=O)NC1CCC2CCCCC2C1. The van der Waals surface area contributed by atoms with Gasteiger partial charge in [-0.15, -0.1) is 0 Å². The van der Waals surface area contributed by atoms with Gasteiger partial charge >= 0.3 is 0 Å². The van der Waals surface area contributed by atoms with E-state index in [9.17, 15) is 9.59 Å². The quantitative estimate of drug-likeness (QED) is 0.695. The summed E-state index contributed by atoms with van der Waals surface area (Å²) in [4.78, 5) is 22.7. The van der Waals surface area contributed by atoms with Gasteiger partial charge in [0.1, 0.15) is 0 Å². The van der Waals surface area contributed by atoms with Crippen molar-refractivity contribution in [3.8, 4) is 0 Å². The molecule has 0 aliphatic heterocycles. The first kappa shape index (κ1) is 14.3. The van der Waals surface area contributed by atoms with Crippen molar-refractivity contribution in [1.82, 2.24) is 10.6 Å². The van der Waals surface area contributed by atoms with Crippen LogP contribution in [0, 0.1) is 11.8 Å². The predicted molar refractivity (Wildman–Crippen MR) is 73.3 cm³/mol. The zero-order valence-electron chi connectivity index (χ0n) is 11.5. The minimum atomic E-state index is -0.286. The summed E-state index contributed by atoms with van der Waals surface area (Å²) in [7, 11) is 0. The van der Waals surface area contributed by atoms with Gasteiger partial charge < -0.3 is 16.4 Å². The van der Waals surface area contributed by atoms with Crippen LogP contribution in [0.25, 0.3) is 0 Å². The average molecular weight is 267 g/mol. The molecule has 3 unspecified atom stereocenters. The maximum atomic E-state index is 11.7. The Morgan fingerprint density at radius 3 is 2.47 bits per heavy atom. The van der Waals surface area contributed by atoms with Crippen LogP contribution < -0.4 is 16.4 Å². The van der Waals surface area contributed by atoms with Crippen molar-refractivity contribution >= 4 is 11.8 Å². The van der Waals surface area contributed by atoms with Crippen LogP contribution in [0.3, 0.4) is 0 Å². The average Bonchev–Trinajstić information content (AvgIpc) is 2.44. The molecule has 0 aromatic rings. The number of nitrogens with two attached hydrogens (primary N) is 1. The van der Waals surface area contributed by atoms with E-state index in [4.69, 9.17) is 5.73 Å². The topological polar surface area (TPSA) is 84.2 Å². The van der Waals surface area contributed by atoms with Gasteiger partial charge in [-0.05, 0) is 31.1 Å². The Labute approximate surface area is 114 Å². The number of carbonyl (C=O) groups excluding carboxylic acids is 2. The lowest BCUT2D eigenvalue weighted by Crippen LogP contribution is -2.46. The van der Waals surface area contributed by atoms with Crippen LogP contribution >= 0.6 is 0 Å². The first-order valence-corrected chi connectivity index (χ1v) is 7.45. The zero-order valence-corrected chi connectivity index (χ0v) is 11.5. The molecule has 5 nitrogen and oxygen atoms in total. The van der Waals surface area contributed by atoms with E-state index in [2.05, 4.69) is 10.6 Å². The molecule has 19 heavy (non-hydrogen) atoms. The molecule has 2 saturated carbocycles. The smallest absolute Gasteiger partial charge is 0.239 e. The summed E-state index contributed by atoms with van der Waals surface area (Å²) in [6.45, 7) is -0.0267. The van der Waals surface area contributed by atoms with Crippen LogP contribution in [-0.4, -0.2) is 30.9 Å². The van der Waals surface area contributed by atoms with E-state index in [0.717, 1.165) is 24.7 Å². The fourth-order valence-electron chi connectivity index (χ4n) is 3.53. The Balaban J connectivity index is 1.71. The lowest BCUT2D eigenvalue weighted by molar-refractivity contribution is -0.126. The molecule has 5 heteroatoms. The van der Waals surface area contributed by atoms with Crippen molar-refractivity contribution in [1.29, 1.82) is 0 Å². The number of carbonyl (C=O) groups is 2. The summed E-state index contributed by atoms with van der Waals surface area (Å²) in [6, 6.07) is 0.293. The van der Waals surface area contributed by atoms with E-state index >= 15 is 0 Å². The number of hydrogen-bond donors (Lipinski definition) is 3. The first-order valence-electron chi connectivity index (χ1n) is 7.45. The molecule has 2 aliphatic carbocycles. The molecule has 108 valence electrons. The minimum Gasteiger partial charge on any atom is -0.352 e. The van der Waals surface area contributed by atoms with Crippen LogP contribution in [0.2, 0.25) is 0 Å². The molecule has 2 rings (SSSR count). The normalized spacial score (nSPS) is 30.3. The van der Waals surface area contributed by atoms with Crippen LogP contribution in [0.1, 0.15) is 44.9 Å². The van der Waals surface area contributed by atoms with Crippen molar-refractivity contribution in [2.45, 2.75) is 51.0 Å². The maximum Gasteiger partial charge on any atom is 0.239 e. The van der Waals surface area contributed by atoms with Gasteiger partial charge in [-0.2, -0.15) is 0 Å². The molecule has 0 saturated heterocycles. The Morgan fingerprint density at radius 1 is 1.00 bits per heavy atom. The molecule has 2 amide bonds. The first-order chi connectivity index (χ1) is 9.19. The van der Waals surface area contributed by atoms with Crippen LogP contribution in [0.15, 0.2) is 0 Å². The van der Waals surface area contributed by atoms with Crippen molar-refractivity contribution in [3.05, 3.63) is 0 Å². The molecular weight excluding hydrogens is 242 g/mol. The highest BCUT2D eigenvalue weighted by Crippen LogP contribution is 2.40. The molecule has 4 N–H and O–H groups in total. The van der Waals surface area contributed by atoms with E-state index < -0.39 is 0 Å². The third-order valence-corrected chi connectivity index (χ3v) is 4.54.